The molecule has 1 N–H and O–H groups in total. The molecule has 0 aromatic carbocycles. The fourth-order valence-corrected chi connectivity index (χ4v) is 1.66. The molecule has 0 radical (unpaired) electrons. The molecule has 0 heterocycles. The maximum absolute atomic E-state index is 11.0. The molecule has 0 rings (SSSR count). The zero-order chi connectivity index (χ0) is 12.8. The van der Waals surface area contributed by atoms with Crippen molar-refractivity contribution in [2.75, 3.05) is 6.26 Å². The molecule has 1 unspecified atom stereocenters. The topological polar surface area (TPSA) is 97.7 Å². The van der Waals surface area contributed by atoms with E-state index in [-0.39, 0.29) is 12.8 Å². The summed E-state index contributed by atoms with van der Waals surface area (Å²) in [4.78, 5) is 21.7. The van der Waals surface area contributed by atoms with Crippen LogP contribution in [0.2, 0.25) is 0 Å². The summed E-state index contributed by atoms with van der Waals surface area (Å²) < 4.78 is 25.3. The van der Waals surface area contributed by atoms with Crippen LogP contribution < -0.4 is 0 Å². The van der Waals surface area contributed by atoms with Gasteiger partial charge in [0.15, 0.2) is 0 Å². The first-order valence-corrected chi connectivity index (χ1v) is 6.73. The normalized spacial score (nSPS) is 13.1. The summed E-state index contributed by atoms with van der Waals surface area (Å²) in [7, 11) is -3.80. The van der Waals surface area contributed by atoms with E-state index >= 15 is 0 Å². The first-order valence-electron chi connectivity index (χ1n) is 4.91. The molecule has 0 aliphatic carbocycles. The standard InChI is InChI=1S/C9H16O6S/c1-3-4-7(9(11)12)5-6-8(10)15-16(2,13)14/h7H,3-6H2,1-2H3,(H,11,12). The quantitative estimate of drug-likeness (QED) is 0.672. The Labute approximate surface area is 94.7 Å². The highest BCUT2D eigenvalue weighted by atomic mass is 32.2. The predicted octanol–water partition coefficient (Wildman–Crippen LogP) is 0.770. The summed E-state index contributed by atoms with van der Waals surface area (Å²) >= 11 is 0. The van der Waals surface area contributed by atoms with Gasteiger partial charge in [-0.3, -0.25) is 9.59 Å². The Kier molecular flexibility index (Phi) is 6.02. The monoisotopic (exact) mass is 252 g/mol. The van der Waals surface area contributed by atoms with Crippen molar-refractivity contribution in [1.29, 1.82) is 0 Å². The maximum atomic E-state index is 11.0. The van der Waals surface area contributed by atoms with Crippen LogP contribution in [0, 0.1) is 5.92 Å². The van der Waals surface area contributed by atoms with Gasteiger partial charge in [0, 0.05) is 6.42 Å². The van der Waals surface area contributed by atoms with Gasteiger partial charge in [-0.15, -0.1) is 0 Å². The molecule has 0 fully saturated rings. The molecule has 0 saturated carbocycles. The molecule has 0 saturated heterocycles. The zero-order valence-corrected chi connectivity index (χ0v) is 10.1. The summed E-state index contributed by atoms with van der Waals surface area (Å²) in [5, 5.41) is 8.78. The number of aliphatic carboxylic acids is 1. The molecular formula is C9H16O6S. The lowest BCUT2D eigenvalue weighted by atomic mass is 9.98. The molecule has 0 aromatic heterocycles. The maximum Gasteiger partial charge on any atom is 0.322 e. The summed E-state index contributed by atoms with van der Waals surface area (Å²) in [6, 6.07) is 0. The van der Waals surface area contributed by atoms with Gasteiger partial charge in [0.2, 0.25) is 0 Å². The van der Waals surface area contributed by atoms with Crippen molar-refractivity contribution < 1.29 is 27.3 Å². The summed E-state index contributed by atoms with van der Waals surface area (Å²) in [5.41, 5.74) is 0. The van der Waals surface area contributed by atoms with Gasteiger partial charge in [0.25, 0.3) is 0 Å². The largest absolute Gasteiger partial charge is 0.481 e. The highest BCUT2D eigenvalue weighted by molar-refractivity contribution is 7.86. The highest BCUT2D eigenvalue weighted by Gasteiger charge is 2.19. The van der Waals surface area contributed by atoms with Crippen LogP contribution in [0.15, 0.2) is 0 Å². The number of carboxylic acids is 1. The van der Waals surface area contributed by atoms with Crippen molar-refractivity contribution in [3.8, 4) is 0 Å². The molecule has 0 aliphatic heterocycles. The van der Waals surface area contributed by atoms with Crippen LogP contribution in [0.5, 0.6) is 0 Å². The Balaban J connectivity index is 4.11. The Morgan fingerprint density at radius 3 is 2.25 bits per heavy atom. The second-order valence-electron chi connectivity index (χ2n) is 3.52. The van der Waals surface area contributed by atoms with Crippen molar-refractivity contribution in [2.24, 2.45) is 5.92 Å². The third-order valence-electron chi connectivity index (χ3n) is 1.93. The summed E-state index contributed by atoms with van der Waals surface area (Å²) in [6.07, 6.45) is 1.81. The van der Waals surface area contributed by atoms with E-state index < -0.39 is 28.0 Å². The van der Waals surface area contributed by atoms with Gasteiger partial charge in [0.1, 0.15) is 0 Å². The lowest BCUT2D eigenvalue weighted by Crippen LogP contribution is -2.17. The first kappa shape index (κ1) is 14.9. The van der Waals surface area contributed by atoms with Crippen molar-refractivity contribution in [2.45, 2.75) is 32.6 Å². The highest BCUT2D eigenvalue weighted by Crippen LogP contribution is 2.14. The van der Waals surface area contributed by atoms with E-state index in [9.17, 15) is 18.0 Å². The molecule has 6 nitrogen and oxygen atoms in total. The molecule has 7 heteroatoms. The minimum atomic E-state index is -3.80. The number of carbonyl (C=O) groups excluding carboxylic acids is 1. The molecule has 0 bridgehead atoms. The van der Waals surface area contributed by atoms with Crippen LogP contribution in [-0.2, 0) is 23.9 Å². The molecular weight excluding hydrogens is 236 g/mol. The van der Waals surface area contributed by atoms with Gasteiger partial charge in [0.05, 0.1) is 12.2 Å². The molecule has 1 atom stereocenters. The second kappa shape index (κ2) is 6.47. The van der Waals surface area contributed by atoms with Crippen molar-refractivity contribution in [1.82, 2.24) is 0 Å². The van der Waals surface area contributed by atoms with Gasteiger partial charge >= 0.3 is 22.1 Å². The SMILES string of the molecule is CCCC(CCC(=O)OS(C)(=O)=O)C(=O)O. The van der Waals surface area contributed by atoms with Crippen molar-refractivity contribution in [3.05, 3.63) is 0 Å². The van der Waals surface area contributed by atoms with Gasteiger partial charge in [-0.25, -0.2) is 0 Å². The Morgan fingerprint density at radius 2 is 1.88 bits per heavy atom. The van der Waals surface area contributed by atoms with E-state index in [1.165, 1.54) is 0 Å². The number of rotatable bonds is 7. The van der Waals surface area contributed by atoms with Crippen LogP contribution in [0.1, 0.15) is 32.6 Å². The van der Waals surface area contributed by atoms with E-state index in [0.717, 1.165) is 6.26 Å². The number of hydrogen-bond acceptors (Lipinski definition) is 5. The Hall–Kier alpha value is -1.11. The second-order valence-corrected chi connectivity index (χ2v) is 5.10. The number of carbonyl (C=O) groups is 2. The van der Waals surface area contributed by atoms with E-state index in [0.29, 0.717) is 12.8 Å². The fourth-order valence-electron chi connectivity index (χ4n) is 1.24. The molecule has 0 amide bonds. The lowest BCUT2D eigenvalue weighted by Gasteiger charge is -2.09. The summed E-state index contributed by atoms with van der Waals surface area (Å²) in [5.74, 6) is -2.52. The van der Waals surface area contributed by atoms with Gasteiger partial charge < -0.3 is 9.29 Å². The zero-order valence-electron chi connectivity index (χ0n) is 9.30. The lowest BCUT2D eigenvalue weighted by molar-refractivity contribution is -0.142. The van der Waals surface area contributed by atoms with Crippen molar-refractivity contribution >= 4 is 22.1 Å². The van der Waals surface area contributed by atoms with Crippen LogP contribution in [-0.4, -0.2) is 31.7 Å². The molecule has 16 heavy (non-hydrogen) atoms. The molecule has 94 valence electrons. The van der Waals surface area contributed by atoms with Gasteiger partial charge in [-0.05, 0) is 12.8 Å². The van der Waals surface area contributed by atoms with Crippen LogP contribution >= 0.6 is 0 Å². The predicted molar refractivity (Wildman–Crippen MR) is 56.2 cm³/mol. The van der Waals surface area contributed by atoms with E-state index in [1.807, 2.05) is 6.92 Å². The Morgan fingerprint density at radius 1 is 1.31 bits per heavy atom. The molecule has 0 aliphatic rings. The van der Waals surface area contributed by atoms with Crippen LogP contribution in [0.3, 0.4) is 0 Å². The minimum absolute atomic E-state index is 0.0948. The number of hydrogen-bond donors (Lipinski definition) is 1. The van der Waals surface area contributed by atoms with E-state index in [4.69, 9.17) is 5.11 Å². The van der Waals surface area contributed by atoms with E-state index in [1.54, 1.807) is 0 Å². The Bertz CT molecular complexity index is 345. The number of carboxylic acid groups (broad SMARTS) is 1. The van der Waals surface area contributed by atoms with Crippen LogP contribution in [0.4, 0.5) is 0 Å². The minimum Gasteiger partial charge on any atom is -0.481 e. The summed E-state index contributed by atoms with van der Waals surface area (Å²) in [6.45, 7) is 1.84. The first-order chi connectivity index (χ1) is 7.26. The third kappa shape index (κ3) is 7.22. The van der Waals surface area contributed by atoms with Gasteiger partial charge in [-0.2, -0.15) is 8.42 Å². The van der Waals surface area contributed by atoms with Gasteiger partial charge in [-0.1, -0.05) is 13.3 Å². The van der Waals surface area contributed by atoms with Crippen molar-refractivity contribution in [3.63, 3.8) is 0 Å². The third-order valence-corrected chi connectivity index (χ3v) is 2.42. The van der Waals surface area contributed by atoms with Crippen LogP contribution in [0.25, 0.3) is 0 Å². The molecule has 0 spiro atoms. The molecule has 0 aromatic rings. The average Bonchev–Trinajstić information content (AvgIpc) is 2.08. The fraction of sp³-hybridized carbons (Fsp3) is 0.778. The average molecular weight is 252 g/mol. The van der Waals surface area contributed by atoms with E-state index in [2.05, 4.69) is 4.18 Å². The smallest absolute Gasteiger partial charge is 0.322 e.